The lowest BCUT2D eigenvalue weighted by atomic mass is 10.1. The molecule has 0 radical (unpaired) electrons. The van der Waals surface area contributed by atoms with Gasteiger partial charge in [0.25, 0.3) is 0 Å². The van der Waals surface area contributed by atoms with Crippen LogP contribution in [0.3, 0.4) is 0 Å². The van der Waals surface area contributed by atoms with Crippen LogP contribution in [0, 0.1) is 27.7 Å². The average molecular weight is 443 g/mol. The van der Waals surface area contributed by atoms with Crippen LogP contribution in [0.25, 0.3) is 17.1 Å². The number of hydrogen-bond acceptors (Lipinski definition) is 4. The molecule has 0 bridgehead atoms. The summed E-state index contributed by atoms with van der Waals surface area (Å²) in [6.07, 6.45) is 0. The summed E-state index contributed by atoms with van der Waals surface area (Å²) in [6.45, 7) is 8.28. The topological polar surface area (TPSA) is 59.8 Å². The maximum atomic E-state index is 12.6. The zero-order chi connectivity index (χ0) is 22.7. The number of nitrogens with zero attached hydrogens (tertiary/aromatic N) is 3. The van der Waals surface area contributed by atoms with Crippen LogP contribution < -0.4 is 5.32 Å². The largest absolute Gasteiger partial charge is 0.325 e. The third-order valence-corrected chi connectivity index (χ3v) is 6.47. The van der Waals surface area contributed by atoms with E-state index in [-0.39, 0.29) is 11.7 Å². The van der Waals surface area contributed by atoms with Gasteiger partial charge >= 0.3 is 0 Å². The summed E-state index contributed by atoms with van der Waals surface area (Å²) < 4.78 is 2.02. The SMILES string of the molecule is Cc1ccc(NC(=O)CSc2nnc(-c3ccccc3)n2-c2ccc(C)c(C)c2)cc1C. The van der Waals surface area contributed by atoms with Crippen molar-refractivity contribution in [1.29, 1.82) is 0 Å². The number of nitrogens with one attached hydrogen (secondary N) is 1. The smallest absolute Gasteiger partial charge is 0.234 e. The third-order valence-electron chi connectivity index (χ3n) is 5.54. The first-order chi connectivity index (χ1) is 15.4. The molecule has 1 heterocycles. The Kier molecular flexibility index (Phi) is 6.42. The second kappa shape index (κ2) is 9.40. The molecule has 0 atom stereocenters. The van der Waals surface area contributed by atoms with Crippen molar-refractivity contribution in [3.63, 3.8) is 0 Å². The monoisotopic (exact) mass is 442 g/mol. The van der Waals surface area contributed by atoms with Crippen molar-refractivity contribution in [3.8, 4) is 17.1 Å². The second-order valence-corrected chi connectivity index (χ2v) is 8.85. The van der Waals surface area contributed by atoms with Gasteiger partial charge in [0.2, 0.25) is 5.91 Å². The van der Waals surface area contributed by atoms with E-state index in [2.05, 4.69) is 54.5 Å². The van der Waals surface area contributed by atoms with Crippen molar-refractivity contribution in [1.82, 2.24) is 14.8 Å². The summed E-state index contributed by atoms with van der Waals surface area (Å²) >= 11 is 1.38. The number of aryl methyl sites for hydroxylation is 4. The van der Waals surface area contributed by atoms with E-state index in [1.807, 2.05) is 60.0 Å². The van der Waals surface area contributed by atoms with E-state index in [0.29, 0.717) is 5.16 Å². The van der Waals surface area contributed by atoms with Crippen LogP contribution >= 0.6 is 11.8 Å². The number of carbonyl (C=O) groups is 1. The first-order valence-corrected chi connectivity index (χ1v) is 11.5. The highest BCUT2D eigenvalue weighted by atomic mass is 32.2. The number of aromatic nitrogens is 3. The predicted molar refractivity (Wildman–Crippen MR) is 132 cm³/mol. The molecule has 1 N–H and O–H groups in total. The van der Waals surface area contributed by atoms with Crippen LogP contribution in [0.1, 0.15) is 22.3 Å². The quantitative estimate of drug-likeness (QED) is 0.378. The van der Waals surface area contributed by atoms with Gasteiger partial charge < -0.3 is 5.32 Å². The summed E-state index contributed by atoms with van der Waals surface area (Å²) in [4.78, 5) is 12.6. The van der Waals surface area contributed by atoms with E-state index in [1.54, 1.807) is 0 Å². The maximum Gasteiger partial charge on any atom is 0.234 e. The number of hydrogen-bond donors (Lipinski definition) is 1. The Hall–Kier alpha value is -3.38. The number of benzene rings is 3. The third kappa shape index (κ3) is 4.75. The minimum atomic E-state index is -0.0749. The number of carbonyl (C=O) groups excluding carboxylic acids is 1. The second-order valence-electron chi connectivity index (χ2n) is 7.91. The van der Waals surface area contributed by atoms with Crippen LogP contribution in [-0.2, 0) is 4.79 Å². The molecule has 0 fully saturated rings. The lowest BCUT2D eigenvalue weighted by molar-refractivity contribution is -0.113. The molecular formula is C26H26N4OS. The molecule has 0 aliphatic heterocycles. The van der Waals surface area contributed by atoms with Crippen molar-refractivity contribution >= 4 is 23.4 Å². The minimum absolute atomic E-state index is 0.0749. The maximum absolute atomic E-state index is 12.6. The van der Waals surface area contributed by atoms with Crippen LogP contribution in [0.4, 0.5) is 5.69 Å². The molecule has 0 saturated carbocycles. The van der Waals surface area contributed by atoms with Crippen molar-refractivity contribution in [2.75, 3.05) is 11.1 Å². The fraction of sp³-hybridized carbons (Fsp3) is 0.192. The van der Waals surface area contributed by atoms with Gasteiger partial charge in [0.15, 0.2) is 11.0 Å². The Labute approximate surface area is 192 Å². The average Bonchev–Trinajstić information content (AvgIpc) is 3.21. The summed E-state index contributed by atoms with van der Waals surface area (Å²) in [5.74, 6) is 0.921. The summed E-state index contributed by atoms with van der Waals surface area (Å²) in [7, 11) is 0. The van der Waals surface area contributed by atoms with Crippen LogP contribution in [0.2, 0.25) is 0 Å². The van der Waals surface area contributed by atoms with Crippen molar-refractivity contribution in [3.05, 3.63) is 89.0 Å². The molecule has 0 unspecified atom stereocenters. The van der Waals surface area contributed by atoms with E-state index < -0.39 is 0 Å². The molecular weight excluding hydrogens is 416 g/mol. The normalized spacial score (nSPS) is 10.9. The molecule has 3 aromatic carbocycles. The van der Waals surface area contributed by atoms with Gasteiger partial charge in [-0.25, -0.2) is 0 Å². The fourth-order valence-electron chi connectivity index (χ4n) is 3.38. The van der Waals surface area contributed by atoms with Gasteiger partial charge in [-0.15, -0.1) is 10.2 Å². The molecule has 5 nitrogen and oxygen atoms in total. The summed E-state index contributed by atoms with van der Waals surface area (Å²) in [6, 6.07) is 22.2. The fourth-order valence-corrected chi connectivity index (χ4v) is 4.13. The van der Waals surface area contributed by atoms with Gasteiger partial charge in [0.1, 0.15) is 0 Å². The molecule has 6 heteroatoms. The highest BCUT2D eigenvalue weighted by Gasteiger charge is 2.17. The Bertz CT molecular complexity index is 1260. The Morgan fingerprint density at radius 3 is 2.22 bits per heavy atom. The lowest BCUT2D eigenvalue weighted by Gasteiger charge is -2.12. The lowest BCUT2D eigenvalue weighted by Crippen LogP contribution is -2.14. The molecule has 32 heavy (non-hydrogen) atoms. The molecule has 4 rings (SSSR count). The molecule has 1 aromatic heterocycles. The Morgan fingerprint density at radius 1 is 0.844 bits per heavy atom. The van der Waals surface area contributed by atoms with E-state index in [4.69, 9.17) is 0 Å². The van der Waals surface area contributed by atoms with Gasteiger partial charge in [0.05, 0.1) is 11.4 Å². The van der Waals surface area contributed by atoms with E-state index in [0.717, 1.165) is 28.3 Å². The molecule has 0 aliphatic carbocycles. The van der Waals surface area contributed by atoms with E-state index in [9.17, 15) is 4.79 Å². The molecule has 0 saturated heterocycles. The van der Waals surface area contributed by atoms with Gasteiger partial charge in [0, 0.05) is 11.3 Å². The first-order valence-electron chi connectivity index (χ1n) is 10.5. The zero-order valence-corrected chi connectivity index (χ0v) is 19.5. The van der Waals surface area contributed by atoms with Crippen molar-refractivity contribution in [2.24, 2.45) is 0 Å². The standard InChI is InChI=1S/C26H26N4OS/c1-17-10-12-22(14-19(17)3)27-24(31)16-32-26-29-28-25(21-8-6-5-7-9-21)30(26)23-13-11-18(2)20(4)15-23/h5-15H,16H2,1-4H3,(H,27,31). The molecule has 162 valence electrons. The predicted octanol–water partition coefficient (Wildman–Crippen LogP) is 5.90. The van der Waals surface area contributed by atoms with Crippen molar-refractivity contribution < 1.29 is 4.79 Å². The Balaban J connectivity index is 1.60. The number of thioether (sulfide) groups is 1. The zero-order valence-electron chi connectivity index (χ0n) is 18.7. The molecule has 1 amide bonds. The van der Waals surface area contributed by atoms with Crippen LogP contribution in [-0.4, -0.2) is 26.4 Å². The van der Waals surface area contributed by atoms with Gasteiger partial charge in [-0.1, -0.05) is 54.2 Å². The van der Waals surface area contributed by atoms with Crippen LogP contribution in [0.15, 0.2) is 71.9 Å². The summed E-state index contributed by atoms with van der Waals surface area (Å²) in [5, 5.41) is 12.5. The highest BCUT2D eigenvalue weighted by Crippen LogP contribution is 2.29. The molecule has 4 aromatic rings. The van der Waals surface area contributed by atoms with Gasteiger partial charge in [-0.05, 0) is 74.2 Å². The van der Waals surface area contributed by atoms with Gasteiger partial charge in [-0.3, -0.25) is 9.36 Å². The van der Waals surface area contributed by atoms with E-state index >= 15 is 0 Å². The Morgan fingerprint density at radius 2 is 1.53 bits per heavy atom. The van der Waals surface area contributed by atoms with Crippen molar-refractivity contribution in [2.45, 2.75) is 32.9 Å². The van der Waals surface area contributed by atoms with E-state index in [1.165, 1.54) is 28.5 Å². The minimum Gasteiger partial charge on any atom is -0.325 e. The number of amides is 1. The van der Waals surface area contributed by atoms with Gasteiger partial charge in [-0.2, -0.15) is 0 Å². The number of anilines is 1. The molecule has 0 spiro atoms. The first kappa shape index (κ1) is 21.8. The molecule has 0 aliphatic rings. The highest BCUT2D eigenvalue weighted by molar-refractivity contribution is 7.99. The van der Waals surface area contributed by atoms with Crippen LogP contribution in [0.5, 0.6) is 0 Å². The number of rotatable bonds is 6. The summed E-state index contributed by atoms with van der Waals surface area (Å²) in [5.41, 5.74) is 7.53.